The van der Waals surface area contributed by atoms with Crippen molar-refractivity contribution in [2.45, 2.75) is 6.18 Å². The number of halogens is 3. The topological polar surface area (TPSA) is 75.2 Å². The number of nitrogens with two attached hydrogens (primary N) is 1. The number of rotatable bonds is 6. The molecule has 3 aromatic rings. The molecule has 1 heterocycles. The lowest BCUT2D eigenvalue weighted by Gasteiger charge is -2.08. The van der Waals surface area contributed by atoms with Gasteiger partial charge in [0, 0.05) is 18.4 Å². The van der Waals surface area contributed by atoms with Crippen LogP contribution in [0.2, 0.25) is 0 Å². The Balaban J connectivity index is 2.00. The number of methoxy groups -OCH3 is 1. The van der Waals surface area contributed by atoms with E-state index in [4.69, 9.17) is 15.2 Å². The van der Waals surface area contributed by atoms with Gasteiger partial charge in [-0.1, -0.05) is 12.1 Å². The normalized spacial score (nSPS) is 11.6. The van der Waals surface area contributed by atoms with Crippen molar-refractivity contribution in [2.75, 3.05) is 26.1 Å². The molecule has 0 aliphatic carbocycles. The molecule has 0 amide bonds. The largest absolute Gasteiger partial charge is 0.460 e. The summed E-state index contributed by atoms with van der Waals surface area (Å²) in [5, 5.41) is 4.29. The van der Waals surface area contributed by atoms with Crippen molar-refractivity contribution >= 4 is 5.69 Å². The monoisotopic (exact) mass is 378 g/mol. The summed E-state index contributed by atoms with van der Waals surface area (Å²) in [5.74, 6) is 0.348. The van der Waals surface area contributed by atoms with Crippen LogP contribution in [0.15, 0.2) is 48.5 Å². The van der Waals surface area contributed by atoms with Crippen LogP contribution in [0.3, 0.4) is 0 Å². The molecule has 0 saturated carbocycles. The number of nitrogen functional groups attached to an aromatic ring is 1. The summed E-state index contributed by atoms with van der Waals surface area (Å²) in [6.07, 6.45) is -4.41. The number of alkyl halides is 3. The first-order valence-corrected chi connectivity index (χ1v) is 8.01. The Morgan fingerprint density at radius 2 is 1.67 bits per heavy atom. The average Bonchev–Trinajstić information content (AvgIpc) is 3.06. The highest BCUT2D eigenvalue weighted by Gasteiger charge is 2.30. The van der Waals surface area contributed by atoms with Crippen molar-refractivity contribution in [1.82, 2.24) is 14.8 Å². The highest BCUT2D eigenvalue weighted by atomic mass is 19.4. The summed E-state index contributed by atoms with van der Waals surface area (Å²) in [6.45, 7) is 0.598. The first kappa shape index (κ1) is 18.7. The fourth-order valence-corrected chi connectivity index (χ4v) is 2.36. The van der Waals surface area contributed by atoms with Crippen molar-refractivity contribution < 1.29 is 22.6 Å². The molecule has 0 bridgehead atoms. The molecule has 2 aromatic carbocycles. The van der Waals surface area contributed by atoms with Gasteiger partial charge in [-0.3, -0.25) is 0 Å². The molecule has 0 fully saturated rings. The van der Waals surface area contributed by atoms with Crippen LogP contribution in [0, 0.1) is 0 Å². The smallest absolute Gasteiger partial charge is 0.416 e. The quantitative estimate of drug-likeness (QED) is 0.524. The molecule has 2 N–H and O–H groups in total. The number of anilines is 1. The first-order chi connectivity index (χ1) is 12.9. The third-order valence-electron chi connectivity index (χ3n) is 3.71. The Morgan fingerprint density at radius 3 is 2.26 bits per heavy atom. The molecule has 0 aliphatic heterocycles. The summed E-state index contributed by atoms with van der Waals surface area (Å²) >= 11 is 0. The average molecular weight is 378 g/mol. The minimum atomic E-state index is -4.41. The van der Waals surface area contributed by atoms with Gasteiger partial charge in [-0.2, -0.15) is 18.2 Å². The molecule has 0 aliphatic rings. The van der Waals surface area contributed by atoms with Crippen LogP contribution in [-0.2, 0) is 10.9 Å². The summed E-state index contributed by atoms with van der Waals surface area (Å²) < 4.78 is 50.3. The highest BCUT2D eigenvalue weighted by Crippen LogP contribution is 2.31. The van der Waals surface area contributed by atoms with E-state index in [1.54, 1.807) is 24.3 Å². The molecule has 1 aromatic heterocycles. The van der Waals surface area contributed by atoms with E-state index in [9.17, 15) is 13.2 Å². The Bertz CT molecular complexity index is 890. The van der Waals surface area contributed by atoms with Gasteiger partial charge in [0.25, 0.3) is 0 Å². The Morgan fingerprint density at radius 1 is 1.00 bits per heavy atom. The van der Waals surface area contributed by atoms with Gasteiger partial charge in [-0.05, 0) is 36.4 Å². The zero-order valence-electron chi connectivity index (χ0n) is 14.4. The zero-order valence-corrected chi connectivity index (χ0v) is 14.4. The maximum Gasteiger partial charge on any atom is 0.416 e. The van der Waals surface area contributed by atoms with Gasteiger partial charge in [-0.15, -0.1) is 5.10 Å². The van der Waals surface area contributed by atoms with Crippen LogP contribution in [0.4, 0.5) is 18.9 Å². The summed E-state index contributed by atoms with van der Waals surface area (Å²) in [6, 6.07) is 11.6. The molecule has 9 heteroatoms. The molecule has 142 valence electrons. The van der Waals surface area contributed by atoms with Crippen molar-refractivity contribution in [2.24, 2.45) is 0 Å². The van der Waals surface area contributed by atoms with E-state index in [1.165, 1.54) is 23.9 Å². The summed E-state index contributed by atoms with van der Waals surface area (Å²) in [4.78, 5) is 4.30. The lowest BCUT2D eigenvalue weighted by molar-refractivity contribution is -0.137. The van der Waals surface area contributed by atoms with Crippen LogP contribution < -0.4 is 10.5 Å². The van der Waals surface area contributed by atoms with E-state index in [2.05, 4.69) is 10.1 Å². The molecule has 0 radical (unpaired) electrons. The first-order valence-electron chi connectivity index (χ1n) is 8.01. The number of hydrogen-bond donors (Lipinski definition) is 1. The van der Waals surface area contributed by atoms with Gasteiger partial charge >= 0.3 is 12.2 Å². The molecular weight excluding hydrogens is 361 g/mol. The van der Waals surface area contributed by atoms with Crippen LogP contribution in [0.1, 0.15) is 5.56 Å². The second kappa shape index (κ2) is 7.67. The minimum absolute atomic E-state index is 0.0961. The van der Waals surface area contributed by atoms with E-state index in [0.29, 0.717) is 29.4 Å². The second-order valence-corrected chi connectivity index (χ2v) is 5.64. The number of benzene rings is 2. The number of aromatic nitrogens is 3. The summed E-state index contributed by atoms with van der Waals surface area (Å²) in [5.41, 5.74) is 6.66. The number of hydrogen-bond acceptors (Lipinski definition) is 5. The molecule has 6 nitrogen and oxygen atoms in total. The third kappa shape index (κ3) is 4.37. The second-order valence-electron chi connectivity index (χ2n) is 5.64. The molecule has 0 unspecified atom stereocenters. The Hall–Kier alpha value is -3.07. The maximum absolute atomic E-state index is 12.8. The zero-order chi connectivity index (χ0) is 19.4. The van der Waals surface area contributed by atoms with E-state index >= 15 is 0 Å². The Kier molecular flexibility index (Phi) is 5.31. The number of ether oxygens (including phenoxy) is 2. The lowest BCUT2D eigenvalue weighted by Crippen LogP contribution is -2.05. The standard InChI is InChI=1S/C18H17F3N4O2/c1-26-10-11-27-17-23-16(12-2-4-13(5-3-12)18(19,20)21)25(24-17)15-8-6-14(22)7-9-15/h2-9H,10-11,22H2,1H3. The van der Waals surface area contributed by atoms with Crippen molar-refractivity contribution in [1.29, 1.82) is 0 Å². The molecular formula is C18H17F3N4O2. The van der Waals surface area contributed by atoms with Gasteiger partial charge in [0.05, 0.1) is 17.9 Å². The Labute approximate surface area is 153 Å². The van der Waals surface area contributed by atoms with Crippen LogP contribution in [-0.4, -0.2) is 35.1 Å². The molecule has 0 spiro atoms. The van der Waals surface area contributed by atoms with E-state index in [-0.39, 0.29) is 12.6 Å². The third-order valence-corrected chi connectivity index (χ3v) is 3.71. The van der Waals surface area contributed by atoms with Crippen LogP contribution >= 0.6 is 0 Å². The SMILES string of the molecule is COCCOc1nc(-c2ccc(C(F)(F)F)cc2)n(-c2ccc(N)cc2)n1. The van der Waals surface area contributed by atoms with Gasteiger partial charge in [-0.25, -0.2) is 4.68 Å². The van der Waals surface area contributed by atoms with E-state index < -0.39 is 11.7 Å². The van der Waals surface area contributed by atoms with E-state index in [1.807, 2.05) is 0 Å². The van der Waals surface area contributed by atoms with Gasteiger partial charge in [0.15, 0.2) is 5.82 Å². The fourth-order valence-electron chi connectivity index (χ4n) is 2.36. The van der Waals surface area contributed by atoms with Crippen molar-refractivity contribution in [3.8, 4) is 23.1 Å². The van der Waals surface area contributed by atoms with Gasteiger partial charge in [0.1, 0.15) is 6.61 Å². The molecule has 0 saturated heterocycles. The predicted octanol–water partition coefficient (Wildman–Crippen LogP) is 3.56. The van der Waals surface area contributed by atoms with Crippen LogP contribution in [0.25, 0.3) is 17.1 Å². The van der Waals surface area contributed by atoms with Crippen LogP contribution in [0.5, 0.6) is 6.01 Å². The minimum Gasteiger partial charge on any atom is -0.460 e. The molecule has 3 rings (SSSR count). The van der Waals surface area contributed by atoms with Crippen molar-refractivity contribution in [3.63, 3.8) is 0 Å². The van der Waals surface area contributed by atoms with Gasteiger partial charge < -0.3 is 15.2 Å². The molecule has 0 atom stereocenters. The summed E-state index contributed by atoms with van der Waals surface area (Å²) in [7, 11) is 1.54. The van der Waals surface area contributed by atoms with E-state index in [0.717, 1.165) is 12.1 Å². The van der Waals surface area contributed by atoms with Crippen molar-refractivity contribution in [3.05, 3.63) is 54.1 Å². The predicted molar refractivity (Wildman–Crippen MR) is 93.6 cm³/mol. The maximum atomic E-state index is 12.8. The van der Waals surface area contributed by atoms with Gasteiger partial charge in [0.2, 0.25) is 0 Å². The highest BCUT2D eigenvalue weighted by molar-refractivity contribution is 5.59. The molecule has 27 heavy (non-hydrogen) atoms. The lowest BCUT2D eigenvalue weighted by atomic mass is 10.1. The fraction of sp³-hybridized carbons (Fsp3) is 0.222. The number of nitrogens with zero attached hydrogens (tertiary/aromatic N) is 3.